The number of sulfonamides is 1. The van der Waals surface area contributed by atoms with E-state index in [-0.39, 0.29) is 4.90 Å². The van der Waals surface area contributed by atoms with Gasteiger partial charge in [-0.15, -0.1) is 0 Å². The van der Waals surface area contributed by atoms with Crippen LogP contribution in [0.4, 0.5) is 5.69 Å². The second kappa shape index (κ2) is 7.32. The first-order valence-corrected chi connectivity index (χ1v) is 10.6. The second-order valence-corrected chi connectivity index (χ2v) is 8.69. The normalized spacial score (nSPS) is 15.1. The quantitative estimate of drug-likeness (QED) is 0.658. The lowest BCUT2D eigenvalue weighted by Gasteiger charge is -2.08. The van der Waals surface area contributed by atoms with Crippen LogP contribution in [0.25, 0.3) is 11.4 Å². The van der Waals surface area contributed by atoms with E-state index in [1.165, 1.54) is 37.1 Å². The Labute approximate surface area is 162 Å². The molecule has 1 aliphatic rings. The van der Waals surface area contributed by atoms with Crippen molar-refractivity contribution in [3.63, 3.8) is 0 Å². The Morgan fingerprint density at radius 3 is 2.33 bits per heavy atom. The van der Waals surface area contributed by atoms with Gasteiger partial charge < -0.3 is 4.52 Å². The van der Waals surface area contributed by atoms with Gasteiger partial charge in [-0.1, -0.05) is 29.6 Å². The average molecular weight is 404 g/mol. The zero-order valence-electron chi connectivity index (χ0n) is 14.4. The molecule has 1 aliphatic carbocycles. The highest BCUT2D eigenvalue weighted by Crippen LogP contribution is 2.34. The van der Waals surface area contributed by atoms with Crippen LogP contribution in [0.15, 0.2) is 57.9 Å². The topological polar surface area (TPSA) is 85.1 Å². The molecule has 0 saturated heterocycles. The van der Waals surface area contributed by atoms with E-state index >= 15 is 0 Å². The van der Waals surface area contributed by atoms with Gasteiger partial charge in [-0.25, -0.2) is 8.42 Å². The van der Waals surface area contributed by atoms with Gasteiger partial charge in [0, 0.05) is 22.2 Å². The van der Waals surface area contributed by atoms with E-state index in [0.29, 0.717) is 28.3 Å². The molecule has 140 valence electrons. The molecule has 0 amide bonds. The van der Waals surface area contributed by atoms with E-state index < -0.39 is 10.0 Å². The summed E-state index contributed by atoms with van der Waals surface area (Å²) in [5.74, 6) is 1.57. The van der Waals surface area contributed by atoms with E-state index in [1.54, 1.807) is 24.3 Å². The SMILES string of the molecule is O=S(=O)(Nc1ccc(-c2noc(C3CCCC3)n2)cc1)c1ccc(Cl)cc1. The first kappa shape index (κ1) is 18.0. The van der Waals surface area contributed by atoms with Crippen LogP contribution in [0.5, 0.6) is 0 Å². The van der Waals surface area contributed by atoms with Crippen molar-refractivity contribution in [1.82, 2.24) is 10.1 Å². The van der Waals surface area contributed by atoms with Gasteiger partial charge in [0.05, 0.1) is 4.90 Å². The summed E-state index contributed by atoms with van der Waals surface area (Å²) in [7, 11) is -3.67. The van der Waals surface area contributed by atoms with Crippen molar-refractivity contribution in [1.29, 1.82) is 0 Å². The molecule has 1 saturated carbocycles. The first-order chi connectivity index (χ1) is 13.0. The summed E-state index contributed by atoms with van der Waals surface area (Å²) in [6.45, 7) is 0. The molecular formula is C19H18ClN3O3S. The minimum atomic E-state index is -3.67. The molecule has 3 aromatic rings. The Bertz CT molecular complexity index is 1020. The molecular weight excluding hydrogens is 386 g/mol. The molecule has 1 aromatic heterocycles. The lowest BCUT2D eigenvalue weighted by molar-refractivity contribution is 0.354. The van der Waals surface area contributed by atoms with Gasteiger partial charge in [0.25, 0.3) is 10.0 Å². The standard InChI is InChI=1S/C19H18ClN3O3S/c20-15-7-11-17(12-8-15)27(24,25)23-16-9-5-13(6-10-16)18-21-19(26-22-18)14-3-1-2-4-14/h5-12,14,23H,1-4H2. The Kier molecular flexibility index (Phi) is 4.88. The van der Waals surface area contributed by atoms with Crippen LogP contribution in [0.3, 0.4) is 0 Å². The molecule has 1 N–H and O–H groups in total. The predicted octanol–water partition coefficient (Wildman–Crippen LogP) is 4.85. The third-order valence-corrected chi connectivity index (χ3v) is 6.31. The van der Waals surface area contributed by atoms with Crippen LogP contribution in [0.2, 0.25) is 5.02 Å². The van der Waals surface area contributed by atoms with Gasteiger partial charge in [0.15, 0.2) is 0 Å². The van der Waals surface area contributed by atoms with Crippen molar-refractivity contribution in [2.24, 2.45) is 0 Å². The fraction of sp³-hybridized carbons (Fsp3) is 0.263. The zero-order chi connectivity index (χ0) is 18.9. The number of anilines is 1. The molecule has 2 aromatic carbocycles. The molecule has 4 rings (SSSR count). The number of hydrogen-bond donors (Lipinski definition) is 1. The number of benzene rings is 2. The van der Waals surface area contributed by atoms with Crippen molar-refractivity contribution >= 4 is 27.3 Å². The van der Waals surface area contributed by atoms with Crippen molar-refractivity contribution in [3.8, 4) is 11.4 Å². The summed E-state index contributed by atoms with van der Waals surface area (Å²) in [5, 5.41) is 4.54. The van der Waals surface area contributed by atoms with Crippen LogP contribution < -0.4 is 4.72 Å². The summed E-state index contributed by atoms with van der Waals surface area (Å²) in [5.41, 5.74) is 1.23. The van der Waals surface area contributed by atoms with E-state index in [1.807, 2.05) is 0 Å². The van der Waals surface area contributed by atoms with E-state index in [9.17, 15) is 8.42 Å². The maximum atomic E-state index is 12.4. The minimum Gasteiger partial charge on any atom is -0.339 e. The van der Waals surface area contributed by atoms with E-state index in [2.05, 4.69) is 14.9 Å². The van der Waals surface area contributed by atoms with Gasteiger partial charge in [-0.3, -0.25) is 4.72 Å². The molecule has 0 unspecified atom stereocenters. The summed E-state index contributed by atoms with van der Waals surface area (Å²) < 4.78 is 32.8. The molecule has 27 heavy (non-hydrogen) atoms. The number of nitrogens with zero attached hydrogens (tertiary/aromatic N) is 2. The molecule has 0 bridgehead atoms. The summed E-state index contributed by atoms with van der Waals surface area (Å²) in [6.07, 6.45) is 4.58. The number of rotatable bonds is 5. The molecule has 0 radical (unpaired) electrons. The van der Waals surface area contributed by atoms with Crippen molar-refractivity contribution in [3.05, 3.63) is 59.4 Å². The fourth-order valence-corrected chi connectivity index (χ4v) is 4.39. The van der Waals surface area contributed by atoms with Crippen molar-refractivity contribution in [2.75, 3.05) is 4.72 Å². The Hall–Kier alpha value is -2.38. The Morgan fingerprint density at radius 1 is 1.00 bits per heavy atom. The van der Waals surface area contributed by atoms with Crippen LogP contribution in [0, 0.1) is 0 Å². The highest BCUT2D eigenvalue weighted by molar-refractivity contribution is 7.92. The largest absolute Gasteiger partial charge is 0.339 e. The summed E-state index contributed by atoms with van der Waals surface area (Å²) in [6, 6.07) is 12.9. The lowest BCUT2D eigenvalue weighted by atomic mass is 10.1. The number of hydrogen-bond acceptors (Lipinski definition) is 5. The zero-order valence-corrected chi connectivity index (χ0v) is 16.0. The van der Waals surface area contributed by atoms with Gasteiger partial charge in [0.2, 0.25) is 11.7 Å². The first-order valence-electron chi connectivity index (χ1n) is 8.74. The van der Waals surface area contributed by atoms with Crippen LogP contribution in [-0.4, -0.2) is 18.6 Å². The Balaban J connectivity index is 1.49. The van der Waals surface area contributed by atoms with Crippen molar-refractivity contribution < 1.29 is 12.9 Å². The summed E-state index contributed by atoms with van der Waals surface area (Å²) in [4.78, 5) is 4.64. The monoisotopic (exact) mass is 403 g/mol. The molecule has 8 heteroatoms. The molecule has 0 spiro atoms. The van der Waals surface area contributed by atoms with E-state index in [4.69, 9.17) is 16.1 Å². The van der Waals surface area contributed by atoms with Gasteiger partial charge in [-0.2, -0.15) is 4.98 Å². The number of nitrogens with one attached hydrogen (secondary N) is 1. The predicted molar refractivity (Wildman–Crippen MR) is 103 cm³/mol. The summed E-state index contributed by atoms with van der Waals surface area (Å²) >= 11 is 5.81. The smallest absolute Gasteiger partial charge is 0.261 e. The fourth-order valence-electron chi connectivity index (χ4n) is 3.21. The third-order valence-electron chi connectivity index (χ3n) is 4.67. The molecule has 0 atom stereocenters. The molecule has 1 fully saturated rings. The highest BCUT2D eigenvalue weighted by atomic mass is 35.5. The number of halogens is 1. The minimum absolute atomic E-state index is 0.148. The highest BCUT2D eigenvalue weighted by Gasteiger charge is 2.23. The van der Waals surface area contributed by atoms with Crippen LogP contribution in [0.1, 0.15) is 37.5 Å². The van der Waals surface area contributed by atoms with Gasteiger partial charge in [0.1, 0.15) is 0 Å². The van der Waals surface area contributed by atoms with Gasteiger partial charge in [-0.05, 0) is 61.4 Å². The second-order valence-electron chi connectivity index (χ2n) is 6.57. The van der Waals surface area contributed by atoms with Gasteiger partial charge >= 0.3 is 0 Å². The van der Waals surface area contributed by atoms with Crippen LogP contribution in [-0.2, 0) is 10.0 Å². The van der Waals surface area contributed by atoms with E-state index in [0.717, 1.165) is 18.4 Å². The molecule has 6 nitrogen and oxygen atoms in total. The maximum Gasteiger partial charge on any atom is 0.261 e. The maximum absolute atomic E-state index is 12.4. The average Bonchev–Trinajstić information content (AvgIpc) is 3.34. The number of aromatic nitrogens is 2. The lowest BCUT2D eigenvalue weighted by Crippen LogP contribution is -2.12. The molecule has 1 heterocycles. The third kappa shape index (κ3) is 3.99. The van der Waals surface area contributed by atoms with Crippen LogP contribution >= 0.6 is 11.6 Å². The van der Waals surface area contributed by atoms with Crippen molar-refractivity contribution in [2.45, 2.75) is 36.5 Å². The molecule has 0 aliphatic heterocycles. The Morgan fingerprint density at radius 2 is 1.67 bits per heavy atom.